The number of anilines is 1. The summed E-state index contributed by atoms with van der Waals surface area (Å²) in [6, 6.07) is 1.86. The average molecular weight is 391 g/mol. The second kappa shape index (κ2) is 7.15. The van der Waals surface area contributed by atoms with E-state index in [9.17, 15) is 8.42 Å². The molecule has 1 fully saturated rings. The minimum absolute atomic E-state index is 0.0264. The highest BCUT2D eigenvalue weighted by Gasteiger charge is 2.28. The molecule has 1 unspecified atom stereocenters. The first-order valence-electron chi connectivity index (χ1n) is 7.66. The molecule has 7 nitrogen and oxygen atoms in total. The minimum Gasteiger partial charge on any atom is -0.377 e. The fourth-order valence-corrected chi connectivity index (χ4v) is 5.62. The van der Waals surface area contributed by atoms with Crippen LogP contribution >= 0.6 is 23.4 Å². The molecule has 0 N–H and O–H groups in total. The predicted molar refractivity (Wildman–Crippen MR) is 96.6 cm³/mol. The zero-order chi connectivity index (χ0) is 17.3. The van der Waals surface area contributed by atoms with Crippen LogP contribution in [0.3, 0.4) is 0 Å². The number of ether oxygens (including phenoxy) is 1. The Bertz CT molecular complexity index is 756. The Morgan fingerprint density at radius 1 is 1.42 bits per heavy atom. The third-order valence-electron chi connectivity index (χ3n) is 3.78. The van der Waals surface area contributed by atoms with E-state index in [1.54, 1.807) is 6.07 Å². The number of aromatic nitrogens is 2. The molecule has 0 aliphatic carbocycles. The lowest BCUT2D eigenvalue weighted by molar-refractivity contribution is 0.0985. The summed E-state index contributed by atoms with van der Waals surface area (Å²) in [5.74, 6) is 1.10. The Morgan fingerprint density at radius 3 is 2.88 bits per heavy atom. The number of rotatable bonds is 3. The second-order valence-corrected chi connectivity index (χ2v) is 9.43. The van der Waals surface area contributed by atoms with Gasteiger partial charge >= 0.3 is 0 Å². The summed E-state index contributed by atoms with van der Waals surface area (Å²) in [6.45, 7) is 5.80. The van der Waals surface area contributed by atoms with Gasteiger partial charge in [0.05, 0.1) is 36.7 Å². The molecule has 0 saturated carbocycles. The molecule has 24 heavy (non-hydrogen) atoms. The van der Waals surface area contributed by atoms with E-state index in [1.165, 1.54) is 11.8 Å². The molecule has 0 spiro atoms. The topological polar surface area (TPSA) is 84.8 Å². The molecule has 2 aliphatic heterocycles. The van der Waals surface area contributed by atoms with Crippen molar-refractivity contribution in [3.05, 3.63) is 17.0 Å². The normalized spacial score (nSPS) is 25.0. The number of thioether (sulfide) groups is 1. The molecule has 3 rings (SSSR count). The third-order valence-corrected chi connectivity index (χ3v) is 7.38. The molecule has 0 radical (unpaired) electrons. The monoisotopic (exact) mass is 390 g/mol. The second-order valence-electron chi connectivity index (χ2n) is 5.92. The van der Waals surface area contributed by atoms with E-state index in [1.807, 2.05) is 13.8 Å². The number of morpholine rings is 1. The average Bonchev–Trinajstić information content (AvgIpc) is 2.94. The third kappa shape index (κ3) is 4.01. The van der Waals surface area contributed by atoms with Crippen LogP contribution in [0.25, 0.3) is 0 Å². The zero-order valence-electron chi connectivity index (χ0n) is 13.5. The fraction of sp³-hybridized carbons (Fsp3) is 0.643. The van der Waals surface area contributed by atoms with E-state index in [4.69, 9.17) is 16.3 Å². The van der Waals surface area contributed by atoms with Crippen LogP contribution in [-0.2, 0) is 20.3 Å². The molecule has 2 atom stereocenters. The lowest BCUT2D eigenvalue weighted by Gasteiger charge is -2.34. The van der Waals surface area contributed by atoms with Gasteiger partial charge in [0.1, 0.15) is 5.82 Å². The molecule has 0 amide bonds. The van der Waals surface area contributed by atoms with Crippen LogP contribution in [-0.4, -0.2) is 60.4 Å². The van der Waals surface area contributed by atoms with Gasteiger partial charge in [0.15, 0.2) is 4.38 Å². The predicted octanol–water partition coefficient (Wildman–Crippen LogP) is 1.76. The highest BCUT2D eigenvalue weighted by molar-refractivity contribution is 8.35. The Kier molecular flexibility index (Phi) is 5.33. The van der Waals surface area contributed by atoms with Crippen LogP contribution in [0.1, 0.15) is 19.5 Å². The van der Waals surface area contributed by atoms with Gasteiger partial charge in [-0.2, -0.15) is 0 Å². The standard InChI is InChI=1S/C14H19ClN4O3S2/c1-9-7-23-14(16-9)24(20,21)8-11-5-12(18-13(15)17-11)19-3-4-22-6-10(19)2/h5,9-10H,3-4,6-8H2,1-2H3/t9?,10-/m0/s1. The molecular formula is C14H19ClN4O3S2. The molecule has 0 bridgehead atoms. The number of sulfone groups is 1. The molecule has 0 aromatic carbocycles. The largest absolute Gasteiger partial charge is 0.377 e. The van der Waals surface area contributed by atoms with Crippen molar-refractivity contribution in [3.63, 3.8) is 0 Å². The van der Waals surface area contributed by atoms with E-state index < -0.39 is 9.84 Å². The molecule has 132 valence electrons. The van der Waals surface area contributed by atoms with E-state index >= 15 is 0 Å². The summed E-state index contributed by atoms with van der Waals surface area (Å²) in [7, 11) is -3.50. The number of aliphatic imine (C=N–C) groups is 1. The van der Waals surface area contributed by atoms with Gasteiger partial charge in [-0.05, 0) is 25.4 Å². The quantitative estimate of drug-likeness (QED) is 0.727. The summed E-state index contributed by atoms with van der Waals surface area (Å²) >= 11 is 7.29. The van der Waals surface area contributed by atoms with Gasteiger partial charge in [0.2, 0.25) is 15.1 Å². The van der Waals surface area contributed by atoms with Crippen molar-refractivity contribution in [3.8, 4) is 0 Å². The lowest BCUT2D eigenvalue weighted by atomic mass is 10.2. The number of hydrogen-bond donors (Lipinski definition) is 0. The number of hydrogen-bond acceptors (Lipinski definition) is 8. The van der Waals surface area contributed by atoms with Gasteiger partial charge in [-0.3, -0.25) is 4.99 Å². The molecule has 10 heteroatoms. The Morgan fingerprint density at radius 2 is 2.21 bits per heavy atom. The van der Waals surface area contributed by atoms with E-state index in [0.717, 1.165) is 0 Å². The van der Waals surface area contributed by atoms with Crippen LogP contribution in [0, 0.1) is 0 Å². The van der Waals surface area contributed by atoms with Gasteiger partial charge in [-0.1, -0.05) is 11.8 Å². The van der Waals surface area contributed by atoms with E-state index in [-0.39, 0.29) is 27.5 Å². The molecule has 1 saturated heterocycles. The smallest absolute Gasteiger partial charge is 0.224 e. The van der Waals surface area contributed by atoms with Crippen LogP contribution in [0.15, 0.2) is 11.1 Å². The summed E-state index contributed by atoms with van der Waals surface area (Å²) in [6.07, 6.45) is 0. The van der Waals surface area contributed by atoms with Crippen molar-refractivity contribution >= 4 is 43.4 Å². The molecule has 1 aromatic rings. The zero-order valence-corrected chi connectivity index (χ0v) is 15.9. The van der Waals surface area contributed by atoms with Crippen molar-refractivity contribution in [1.29, 1.82) is 0 Å². The SMILES string of the molecule is CC1CSC(S(=O)(=O)Cc2cc(N3CCOC[C@@H]3C)nc(Cl)n2)=N1. The van der Waals surface area contributed by atoms with Crippen molar-refractivity contribution in [2.24, 2.45) is 4.99 Å². The summed E-state index contributed by atoms with van der Waals surface area (Å²) in [4.78, 5) is 14.6. The van der Waals surface area contributed by atoms with Gasteiger partial charge in [-0.15, -0.1) is 0 Å². The van der Waals surface area contributed by atoms with Crippen molar-refractivity contribution in [2.75, 3.05) is 30.4 Å². The first-order chi connectivity index (χ1) is 11.3. The molecule has 1 aromatic heterocycles. The van der Waals surface area contributed by atoms with Crippen LogP contribution in [0.5, 0.6) is 0 Å². The molecular weight excluding hydrogens is 372 g/mol. The molecule has 3 heterocycles. The molecule has 2 aliphatic rings. The van der Waals surface area contributed by atoms with Crippen molar-refractivity contribution in [1.82, 2.24) is 9.97 Å². The van der Waals surface area contributed by atoms with Crippen LogP contribution < -0.4 is 4.90 Å². The van der Waals surface area contributed by atoms with Crippen molar-refractivity contribution < 1.29 is 13.2 Å². The lowest BCUT2D eigenvalue weighted by Crippen LogP contribution is -2.44. The maximum absolute atomic E-state index is 12.5. The Labute approximate surface area is 150 Å². The maximum atomic E-state index is 12.5. The highest BCUT2D eigenvalue weighted by Crippen LogP contribution is 2.25. The number of halogens is 1. The summed E-state index contributed by atoms with van der Waals surface area (Å²) < 4.78 is 30.7. The number of nitrogens with zero attached hydrogens (tertiary/aromatic N) is 4. The summed E-state index contributed by atoms with van der Waals surface area (Å²) in [5, 5.41) is 0.0470. The Balaban J connectivity index is 1.85. The van der Waals surface area contributed by atoms with Crippen molar-refractivity contribution in [2.45, 2.75) is 31.7 Å². The Hall–Kier alpha value is -0.900. The van der Waals surface area contributed by atoms with Gasteiger partial charge in [0, 0.05) is 18.4 Å². The van der Waals surface area contributed by atoms with Gasteiger partial charge in [-0.25, -0.2) is 18.4 Å². The van der Waals surface area contributed by atoms with E-state index in [0.29, 0.717) is 37.0 Å². The summed E-state index contributed by atoms with van der Waals surface area (Å²) in [5.41, 5.74) is 0.381. The van der Waals surface area contributed by atoms with Crippen LogP contribution in [0.2, 0.25) is 5.28 Å². The van der Waals surface area contributed by atoms with Gasteiger partial charge in [0.25, 0.3) is 0 Å². The first-order valence-corrected chi connectivity index (χ1v) is 10.7. The van der Waals surface area contributed by atoms with Crippen LogP contribution in [0.4, 0.5) is 5.82 Å². The maximum Gasteiger partial charge on any atom is 0.224 e. The first kappa shape index (κ1) is 17.9. The fourth-order valence-electron chi connectivity index (χ4n) is 2.61. The van der Waals surface area contributed by atoms with E-state index in [2.05, 4.69) is 19.9 Å². The van der Waals surface area contributed by atoms with Gasteiger partial charge < -0.3 is 9.64 Å². The highest BCUT2D eigenvalue weighted by atomic mass is 35.5. The minimum atomic E-state index is -3.50.